The second-order valence-electron chi connectivity index (χ2n) is 4.01. The van der Waals surface area contributed by atoms with Crippen LogP contribution in [0.2, 0.25) is 0 Å². The van der Waals surface area contributed by atoms with Crippen LogP contribution in [-0.4, -0.2) is 17.3 Å². The number of rotatable bonds is 3. The fraction of sp³-hybridized carbons (Fsp3) is 0.0667. The molecular weight excluding hydrogens is 355 g/mol. The Morgan fingerprint density at radius 2 is 1.74 bits per heavy atom. The van der Waals surface area contributed by atoms with E-state index in [2.05, 4.69) is 22.6 Å². The van der Waals surface area contributed by atoms with Gasteiger partial charge >= 0.3 is 0 Å². The van der Waals surface area contributed by atoms with Crippen molar-refractivity contribution in [2.45, 2.75) is 0 Å². The van der Waals surface area contributed by atoms with E-state index >= 15 is 0 Å². The molecule has 0 aliphatic rings. The van der Waals surface area contributed by atoms with Gasteiger partial charge in [0.1, 0.15) is 5.75 Å². The summed E-state index contributed by atoms with van der Waals surface area (Å²) in [7, 11) is 1.51. The lowest BCUT2D eigenvalue weighted by molar-refractivity contribution is 0.373. The average molecular weight is 368 g/mol. The third kappa shape index (κ3) is 3.64. The van der Waals surface area contributed by atoms with Gasteiger partial charge in [-0.3, -0.25) is 0 Å². The standard InChI is InChI=1S/C15H13IO3/c1-19-15-5-4-10(8-14(15)18)2-3-11-6-12(16)9-13(17)7-11/h2-9,17-18H,1H3/b3-2+. The maximum Gasteiger partial charge on any atom is 0.160 e. The van der Waals surface area contributed by atoms with Crippen LogP contribution in [0.4, 0.5) is 0 Å². The van der Waals surface area contributed by atoms with Gasteiger partial charge in [-0.05, 0) is 64.0 Å². The Morgan fingerprint density at radius 1 is 1.00 bits per heavy atom. The van der Waals surface area contributed by atoms with E-state index in [0.29, 0.717) is 5.75 Å². The number of benzene rings is 2. The summed E-state index contributed by atoms with van der Waals surface area (Å²) in [5, 5.41) is 19.2. The third-order valence-corrected chi connectivity index (χ3v) is 3.20. The zero-order chi connectivity index (χ0) is 13.8. The number of aromatic hydroxyl groups is 2. The monoisotopic (exact) mass is 368 g/mol. The fourth-order valence-corrected chi connectivity index (χ4v) is 2.37. The molecule has 4 heteroatoms. The number of ether oxygens (including phenoxy) is 1. The molecule has 0 aromatic heterocycles. The van der Waals surface area contributed by atoms with Gasteiger partial charge in [0.2, 0.25) is 0 Å². The van der Waals surface area contributed by atoms with E-state index in [-0.39, 0.29) is 11.5 Å². The fourth-order valence-electron chi connectivity index (χ4n) is 1.70. The van der Waals surface area contributed by atoms with Gasteiger partial charge < -0.3 is 14.9 Å². The first kappa shape index (κ1) is 13.7. The van der Waals surface area contributed by atoms with Gasteiger partial charge in [0.15, 0.2) is 11.5 Å². The molecule has 0 amide bonds. The summed E-state index contributed by atoms with van der Waals surface area (Å²) in [6.07, 6.45) is 3.74. The molecule has 0 saturated carbocycles. The first-order chi connectivity index (χ1) is 9.08. The van der Waals surface area contributed by atoms with Gasteiger partial charge in [-0.15, -0.1) is 0 Å². The second kappa shape index (κ2) is 5.97. The average Bonchev–Trinajstić information content (AvgIpc) is 2.35. The predicted molar refractivity (Wildman–Crippen MR) is 84.4 cm³/mol. The minimum Gasteiger partial charge on any atom is -0.508 e. The summed E-state index contributed by atoms with van der Waals surface area (Å²) in [4.78, 5) is 0. The molecular formula is C15H13IO3. The van der Waals surface area contributed by atoms with Crippen LogP contribution in [0.1, 0.15) is 11.1 Å². The number of phenols is 2. The zero-order valence-electron chi connectivity index (χ0n) is 10.3. The molecule has 0 aliphatic heterocycles. The molecule has 0 fully saturated rings. The highest BCUT2D eigenvalue weighted by Gasteiger charge is 2.00. The second-order valence-corrected chi connectivity index (χ2v) is 5.25. The molecule has 0 atom stereocenters. The first-order valence-corrected chi connectivity index (χ1v) is 6.71. The maximum atomic E-state index is 9.68. The highest BCUT2D eigenvalue weighted by molar-refractivity contribution is 14.1. The van der Waals surface area contributed by atoms with Crippen molar-refractivity contribution in [2.75, 3.05) is 7.11 Å². The van der Waals surface area contributed by atoms with Crippen molar-refractivity contribution in [1.82, 2.24) is 0 Å². The summed E-state index contributed by atoms with van der Waals surface area (Å²) < 4.78 is 5.95. The predicted octanol–water partition coefficient (Wildman–Crippen LogP) is 3.88. The summed E-state index contributed by atoms with van der Waals surface area (Å²) in [5.41, 5.74) is 1.76. The molecule has 2 rings (SSSR count). The molecule has 0 aliphatic carbocycles. The van der Waals surface area contributed by atoms with Crippen molar-refractivity contribution in [1.29, 1.82) is 0 Å². The van der Waals surface area contributed by atoms with Crippen LogP contribution in [0.25, 0.3) is 12.2 Å². The Kier molecular flexibility index (Phi) is 4.31. The van der Waals surface area contributed by atoms with E-state index in [4.69, 9.17) is 4.74 Å². The van der Waals surface area contributed by atoms with Crippen LogP contribution in [0, 0.1) is 3.57 Å². The number of halogens is 1. The van der Waals surface area contributed by atoms with Crippen LogP contribution >= 0.6 is 22.6 Å². The molecule has 2 N–H and O–H groups in total. The van der Waals surface area contributed by atoms with Crippen LogP contribution in [0.15, 0.2) is 36.4 Å². The number of hydrogen-bond acceptors (Lipinski definition) is 3. The summed E-state index contributed by atoms with van der Waals surface area (Å²) >= 11 is 2.15. The Bertz CT molecular complexity index is 601. The Labute approximate surface area is 125 Å². The minimum atomic E-state index is 0.107. The highest BCUT2D eigenvalue weighted by atomic mass is 127. The van der Waals surface area contributed by atoms with E-state index in [0.717, 1.165) is 14.7 Å². The van der Waals surface area contributed by atoms with Crippen molar-refractivity contribution < 1.29 is 14.9 Å². The molecule has 0 spiro atoms. The lowest BCUT2D eigenvalue weighted by Gasteiger charge is -2.03. The normalized spacial score (nSPS) is 10.8. The molecule has 0 bridgehead atoms. The first-order valence-electron chi connectivity index (χ1n) is 5.63. The molecule has 0 heterocycles. The topological polar surface area (TPSA) is 49.7 Å². The van der Waals surface area contributed by atoms with E-state index in [9.17, 15) is 10.2 Å². The van der Waals surface area contributed by atoms with Crippen molar-refractivity contribution in [3.05, 3.63) is 51.1 Å². The van der Waals surface area contributed by atoms with Gasteiger partial charge in [-0.1, -0.05) is 18.2 Å². The van der Waals surface area contributed by atoms with Crippen LogP contribution in [0.3, 0.4) is 0 Å². The lowest BCUT2D eigenvalue weighted by atomic mass is 10.1. The highest BCUT2D eigenvalue weighted by Crippen LogP contribution is 2.27. The van der Waals surface area contributed by atoms with Crippen molar-refractivity contribution >= 4 is 34.7 Å². The minimum absolute atomic E-state index is 0.107. The summed E-state index contributed by atoms with van der Waals surface area (Å²) in [6.45, 7) is 0. The van der Waals surface area contributed by atoms with Crippen molar-refractivity contribution in [3.63, 3.8) is 0 Å². The van der Waals surface area contributed by atoms with Gasteiger partial charge in [0, 0.05) is 3.57 Å². The SMILES string of the molecule is COc1ccc(/C=C/c2cc(O)cc(I)c2)cc1O. The largest absolute Gasteiger partial charge is 0.508 e. The molecule has 2 aromatic carbocycles. The van der Waals surface area contributed by atoms with Gasteiger partial charge in [0.25, 0.3) is 0 Å². The molecule has 0 radical (unpaired) electrons. The number of hydrogen-bond donors (Lipinski definition) is 2. The molecule has 98 valence electrons. The van der Waals surface area contributed by atoms with Gasteiger partial charge in [-0.2, -0.15) is 0 Å². The number of methoxy groups -OCH3 is 1. The smallest absolute Gasteiger partial charge is 0.160 e. The number of phenolic OH excluding ortho intramolecular Hbond substituents is 2. The third-order valence-electron chi connectivity index (χ3n) is 2.58. The van der Waals surface area contributed by atoms with Gasteiger partial charge in [0.05, 0.1) is 7.11 Å². The zero-order valence-corrected chi connectivity index (χ0v) is 12.5. The lowest BCUT2D eigenvalue weighted by Crippen LogP contribution is -1.83. The van der Waals surface area contributed by atoms with Crippen molar-refractivity contribution in [3.8, 4) is 17.2 Å². The molecule has 0 unspecified atom stereocenters. The van der Waals surface area contributed by atoms with Crippen LogP contribution < -0.4 is 4.74 Å². The molecule has 19 heavy (non-hydrogen) atoms. The molecule has 2 aromatic rings. The molecule has 3 nitrogen and oxygen atoms in total. The van der Waals surface area contributed by atoms with Crippen LogP contribution in [0.5, 0.6) is 17.2 Å². The van der Waals surface area contributed by atoms with E-state index in [1.54, 1.807) is 24.3 Å². The Balaban J connectivity index is 2.24. The maximum absolute atomic E-state index is 9.68. The van der Waals surface area contributed by atoms with E-state index < -0.39 is 0 Å². The van der Waals surface area contributed by atoms with Gasteiger partial charge in [-0.25, -0.2) is 0 Å². The quantitative estimate of drug-likeness (QED) is 0.639. The summed E-state index contributed by atoms with van der Waals surface area (Å²) in [5.74, 6) is 0.795. The Morgan fingerprint density at radius 3 is 2.37 bits per heavy atom. The summed E-state index contributed by atoms with van der Waals surface area (Å²) in [6, 6.07) is 10.5. The van der Waals surface area contributed by atoms with Crippen molar-refractivity contribution in [2.24, 2.45) is 0 Å². The van der Waals surface area contributed by atoms with E-state index in [1.807, 2.05) is 24.3 Å². The molecule has 0 saturated heterocycles. The van der Waals surface area contributed by atoms with Crippen LogP contribution in [-0.2, 0) is 0 Å². The Hall–Kier alpha value is -1.69. The van der Waals surface area contributed by atoms with E-state index in [1.165, 1.54) is 7.11 Å².